The monoisotopic (exact) mass is 482 g/mol. The van der Waals surface area contributed by atoms with Crippen molar-refractivity contribution in [3.63, 3.8) is 0 Å². The predicted molar refractivity (Wildman–Crippen MR) is 141 cm³/mol. The minimum atomic E-state index is -0.622. The van der Waals surface area contributed by atoms with Crippen molar-refractivity contribution >= 4 is 12.4 Å². The molecule has 5 nitrogen and oxygen atoms in total. The van der Waals surface area contributed by atoms with Crippen molar-refractivity contribution in [3.8, 4) is 0 Å². The van der Waals surface area contributed by atoms with Crippen LogP contribution in [-0.4, -0.2) is 52.5 Å². The van der Waals surface area contributed by atoms with Crippen LogP contribution >= 0.6 is 0 Å². The minimum absolute atomic E-state index is 0.0688. The molecule has 0 spiro atoms. The van der Waals surface area contributed by atoms with Crippen LogP contribution in [0.3, 0.4) is 0 Å². The van der Waals surface area contributed by atoms with Crippen LogP contribution in [0.4, 0.5) is 4.79 Å². The lowest BCUT2D eigenvalue weighted by Gasteiger charge is -2.54. The van der Waals surface area contributed by atoms with E-state index in [1.165, 1.54) is 0 Å². The number of carbonyl (C=O) groups excluding carboxylic acids is 2. The molecule has 5 heteroatoms. The molecular formula is C31H34N2O3. The van der Waals surface area contributed by atoms with Gasteiger partial charge in [-0.1, -0.05) is 91.0 Å². The molecule has 3 aromatic carbocycles. The standard InChI is InChI=1S/C31H34N2O3/c1-30(2,3)36-29(35)32-21-26-19-20-27(28(32)22-34)33(26)31(23-13-7-4-8-14-23,24-15-9-5-10-16-24)25-17-11-6-12-18-25/h4-18,22,26-28H,19-21H2,1-3H3/t26-,27+,28?/m1/s1. The van der Waals surface area contributed by atoms with E-state index in [0.717, 1.165) is 35.8 Å². The van der Waals surface area contributed by atoms with Crippen LogP contribution in [0.5, 0.6) is 0 Å². The lowest BCUT2D eigenvalue weighted by atomic mass is 9.74. The van der Waals surface area contributed by atoms with E-state index < -0.39 is 23.3 Å². The first-order valence-electron chi connectivity index (χ1n) is 12.8. The zero-order chi connectivity index (χ0) is 25.3. The van der Waals surface area contributed by atoms with Crippen LogP contribution in [0.25, 0.3) is 0 Å². The van der Waals surface area contributed by atoms with Gasteiger partial charge in [-0.15, -0.1) is 0 Å². The quantitative estimate of drug-likeness (QED) is 0.349. The Balaban J connectivity index is 1.70. The lowest BCUT2D eigenvalue weighted by Crippen LogP contribution is -2.67. The Morgan fingerprint density at radius 3 is 1.69 bits per heavy atom. The number of piperazine rings is 1. The highest BCUT2D eigenvalue weighted by Gasteiger charge is 2.57. The van der Waals surface area contributed by atoms with Gasteiger partial charge in [-0.05, 0) is 50.3 Å². The normalized spacial score (nSPS) is 22.3. The third-order valence-corrected chi connectivity index (χ3v) is 7.44. The van der Waals surface area contributed by atoms with E-state index in [4.69, 9.17) is 4.74 Å². The molecule has 0 aromatic heterocycles. The van der Waals surface area contributed by atoms with Gasteiger partial charge >= 0.3 is 6.09 Å². The molecule has 186 valence electrons. The van der Waals surface area contributed by atoms with Gasteiger partial charge in [0.15, 0.2) is 0 Å². The van der Waals surface area contributed by atoms with E-state index in [2.05, 4.69) is 77.7 Å². The Bertz CT molecular complexity index is 1090. The molecule has 3 atom stereocenters. The summed E-state index contributed by atoms with van der Waals surface area (Å²) in [6.45, 7) is 6.02. The second kappa shape index (κ2) is 9.55. The number of fused-ring (bicyclic) bond motifs is 2. The average Bonchev–Trinajstić information content (AvgIpc) is 3.19. The van der Waals surface area contributed by atoms with Crippen molar-refractivity contribution in [1.29, 1.82) is 0 Å². The van der Waals surface area contributed by atoms with E-state index in [9.17, 15) is 9.59 Å². The van der Waals surface area contributed by atoms with Gasteiger partial charge in [-0.25, -0.2) is 4.79 Å². The van der Waals surface area contributed by atoms with Gasteiger partial charge in [0.1, 0.15) is 17.9 Å². The van der Waals surface area contributed by atoms with Gasteiger partial charge in [-0.3, -0.25) is 9.80 Å². The van der Waals surface area contributed by atoms with Crippen LogP contribution in [0.1, 0.15) is 50.3 Å². The summed E-state index contributed by atoms with van der Waals surface area (Å²) < 4.78 is 5.72. The van der Waals surface area contributed by atoms with Crippen molar-refractivity contribution < 1.29 is 14.3 Å². The van der Waals surface area contributed by atoms with Crippen LogP contribution in [0.2, 0.25) is 0 Å². The molecule has 2 bridgehead atoms. The second-order valence-electron chi connectivity index (χ2n) is 10.8. The topological polar surface area (TPSA) is 49.9 Å². The van der Waals surface area contributed by atoms with Crippen LogP contribution in [0.15, 0.2) is 91.0 Å². The first-order valence-corrected chi connectivity index (χ1v) is 12.8. The molecule has 36 heavy (non-hydrogen) atoms. The molecule has 2 fully saturated rings. The highest BCUT2D eigenvalue weighted by Crippen LogP contribution is 2.50. The molecule has 0 aliphatic carbocycles. The molecule has 0 radical (unpaired) electrons. The van der Waals surface area contributed by atoms with Crippen molar-refractivity contribution in [2.75, 3.05) is 6.54 Å². The van der Waals surface area contributed by atoms with Gasteiger partial charge in [0, 0.05) is 18.6 Å². The highest BCUT2D eigenvalue weighted by molar-refractivity contribution is 5.75. The molecule has 3 aromatic rings. The molecular weight excluding hydrogens is 448 g/mol. The van der Waals surface area contributed by atoms with Crippen molar-refractivity contribution in [1.82, 2.24) is 9.80 Å². The third-order valence-electron chi connectivity index (χ3n) is 7.44. The fourth-order valence-electron chi connectivity index (χ4n) is 6.17. The molecule has 0 N–H and O–H groups in total. The molecule has 2 aliphatic rings. The number of hydrogen-bond donors (Lipinski definition) is 0. The van der Waals surface area contributed by atoms with Crippen LogP contribution in [0, 0.1) is 0 Å². The van der Waals surface area contributed by atoms with Crippen molar-refractivity contribution in [2.45, 2.75) is 62.9 Å². The molecule has 2 aliphatic heterocycles. The number of hydrogen-bond acceptors (Lipinski definition) is 4. The van der Waals surface area contributed by atoms with Gasteiger partial charge in [0.05, 0.1) is 5.54 Å². The lowest BCUT2D eigenvalue weighted by molar-refractivity contribution is -0.119. The van der Waals surface area contributed by atoms with Gasteiger partial charge < -0.3 is 9.53 Å². The number of amides is 1. The fraction of sp³-hybridized carbons (Fsp3) is 0.355. The smallest absolute Gasteiger partial charge is 0.411 e. The Kier molecular flexibility index (Phi) is 6.44. The number of nitrogens with zero attached hydrogens (tertiary/aromatic N) is 2. The summed E-state index contributed by atoms with van der Waals surface area (Å²) in [4.78, 5) is 30.0. The number of carbonyl (C=O) groups is 2. The first kappa shape index (κ1) is 24.3. The van der Waals surface area contributed by atoms with E-state index in [1.807, 2.05) is 39.0 Å². The van der Waals surface area contributed by atoms with Gasteiger partial charge in [-0.2, -0.15) is 0 Å². The zero-order valence-electron chi connectivity index (χ0n) is 21.2. The predicted octanol–water partition coefficient (Wildman–Crippen LogP) is 5.63. The van der Waals surface area contributed by atoms with Crippen molar-refractivity contribution in [3.05, 3.63) is 108 Å². The van der Waals surface area contributed by atoms with Crippen LogP contribution in [-0.2, 0) is 15.1 Å². The van der Waals surface area contributed by atoms with Gasteiger partial charge in [0.25, 0.3) is 0 Å². The number of benzene rings is 3. The summed E-state index contributed by atoms with van der Waals surface area (Å²) in [6.07, 6.45) is 2.26. The maximum Gasteiger partial charge on any atom is 0.411 e. The summed E-state index contributed by atoms with van der Waals surface area (Å²) in [5, 5.41) is 0. The summed E-state index contributed by atoms with van der Waals surface area (Å²) in [5.74, 6) is 0. The molecule has 0 saturated carbocycles. The SMILES string of the molecule is CC(C)(C)OC(=O)N1C[C@H]2CC[C@@H](C1C=O)N2C(c1ccccc1)(c1ccccc1)c1ccccc1. The molecule has 2 heterocycles. The molecule has 5 rings (SSSR count). The molecule has 1 unspecified atom stereocenters. The largest absolute Gasteiger partial charge is 0.444 e. The fourth-order valence-corrected chi connectivity index (χ4v) is 6.17. The average molecular weight is 483 g/mol. The maximum absolute atomic E-state index is 13.2. The minimum Gasteiger partial charge on any atom is -0.444 e. The Labute approximate surface area is 213 Å². The Morgan fingerprint density at radius 1 is 0.806 bits per heavy atom. The zero-order valence-corrected chi connectivity index (χ0v) is 21.2. The molecule has 1 amide bonds. The Hall–Kier alpha value is -3.44. The Morgan fingerprint density at radius 2 is 1.28 bits per heavy atom. The summed E-state index contributed by atoms with van der Waals surface area (Å²) in [6, 6.07) is 31.0. The van der Waals surface area contributed by atoms with Gasteiger partial charge in [0.2, 0.25) is 0 Å². The number of likely N-dealkylation sites (tertiary alicyclic amines) is 1. The number of rotatable bonds is 5. The van der Waals surface area contributed by atoms with E-state index >= 15 is 0 Å². The summed E-state index contributed by atoms with van der Waals surface area (Å²) in [5.41, 5.74) is 2.21. The summed E-state index contributed by atoms with van der Waals surface area (Å²) >= 11 is 0. The second-order valence-corrected chi connectivity index (χ2v) is 10.8. The van der Waals surface area contributed by atoms with E-state index in [0.29, 0.717) is 6.54 Å². The first-order chi connectivity index (χ1) is 17.4. The van der Waals surface area contributed by atoms with Crippen LogP contribution < -0.4 is 0 Å². The molecule has 2 saturated heterocycles. The summed E-state index contributed by atoms with van der Waals surface area (Å²) in [7, 11) is 0. The van der Waals surface area contributed by atoms with E-state index in [1.54, 1.807) is 4.90 Å². The third kappa shape index (κ3) is 4.11. The number of aldehydes is 1. The van der Waals surface area contributed by atoms with E-state index in [-0.39, 0.29) is 12.1 Å². The highest BCUT2D eigenvalue weighted by atomic mass is 16.6. The maximum atomic E-state index is 13.2. The number of ether oxygens (including phenoxy) is 1. The van der Waals surface area contributed by atoms with Crippen molar-refractivity contribution in [2.24, 2.45) is 0 Å².